The van der Waals surface area contributed by atoms with Crippen LogP contribution >= 0.6 is 0 Å². The standard InChI is InChI=1S/C24H27F3O7/c1-3-4-5-9-12-14-15-16(21(29)32-14)17(28)19-20(33-19)18(15)34-22(30)23(31-2,24(25,26)27)13-10-7-6-8-11-13/h6-8,10-11,14,17-20,28H,3-5,9,12H2,1-2H3/t14-,17-,18-,19-,20+,23+/m1/s1. The molecular formula is C24H27F3O7. The lowest BCUT2D eigenvalue weighted by molar-refractivity contribution is -0.278. The molecule has 4 rings (SSSR count). The second-order valence-electron chi connectivity index (χ2n) is 8.70. The smallest absolute Gasteiger partial charge is 0.432 e. The number of benzene rings is 1. The summed E-state index contributed by atoms with van der Waals surface area (Å²) >= 11 is 0. The van der Waals surface area contributed by atoms with Crippen molar-refractivity contribution in [3.8, 4) is 0 Å². The Balaban J connectivity index is 1.67. The zero-order valence-electron chi connectivity index (χ0n) is 18.8. The topological polar surface area (TPSA) is 94.6 Å². The largest absolute Gasteiger partial charge is 0.454 e. The maximum Gasteiger partial charge on any atom is 0.432 e. The lowest BCUT2D eigenvalue weighted by Crippen LogP contribution is -2.53. The van der Waals surface area contributed by atoms with Crippen molar-refractivity contribution < 1.29 is 46.8 Å². The van der Waals surface area contributed by atoms with E-state index in [9.17, 15) is 27.9 Å². The number of ether oxygens (including phenoxy) is 4. The number of hydrogen-bond acceptors (Lipinski definition) is 7. The van der Waals surface area contributed by atoms with Crippen LogP contribution in [0.4, 0.5) is 13.2 Å². The van der Waals surface area contributed by atoms with Gasteiger partial charge in [-0.15, -0.1) is 0 Å². The number of rotatable bonds is 9. The summed E-state index contributed by atoms with van der Waals surface area (Å²) in [5, 5.41) is 10.5. The van der Waals surface area contributed by atoms with E-state index in [2.05, 4.69) is 0 Å². The maximum absolute atomic E-state index is 14.3. The molecular weight excluding hydrogens is 457 g/mol. The van der Waals surface area contributed by atoms with Crippen molar-refractivity contribution in [2.75, 3.05) is 7.11 Å². The zero-order valence-corrected chi connectivity index (χ0v) is 18.8. The van der Waals surface area contributed by atoms with Crippen molar-refractivity contribution >= 4 is 11.9 Å². The van der Waals surface area contributed by atoms with Gasteiger partial charge in [-0.25, -0.2) is 9.59 Å². The first-order valence-corrected chi connectivity index (χ1v) is 11.3. The first-order chi connectivity index (χ1) is 16.2. The van der Waals surface area contributed by atoms with Crippen LogP contribution in [0.5, 0.6) is 0 Å². The molecule has 2 aliphatic heterocycles. The summed E-state index contributed by atoms with van der Waals surface area (Å²) < 4.78 is 64.0. The fourth-order valence-corrected chi connectivity index (χ4v) is 4.84. The van der Waals surface area contributed by atoms with Gasteiger partial charge in [0.2, 0.25) is 0 Å². The number of aliphatic hydroxyl groups excluding tert-OH is 1. The Labute approximate surface area is 194 Å². The summed E-state index contributed by atoms with van der Waals surface area (Å²) in [7, 11) is 0.784. The zero-order chi connectivity index (χ0) is 24.7. The van der Waals surface area contributed by atoms with E-state index in [0.717, 1.165) is 38.5 Å². The van der Waals surface area contributed by atoms with Crippen LogP contribution in [0.2, 0.25) is 0 Å². The molecule has 1 fully saturated rings. The molecule has 34 heavy (non-hydrogen) atoms. The molecule has 1 aliphatic carbocycles. The minimum absolute atomic E-state index is 0.0909. The van der Waals surface area contributed by atoms with Crippen LogP contribution in [0.15, 0.2) is 41.5 Å². The molecule has 0 amide bonds. The third-order valence-corrected chi connectivity index (χ3v) is 6.63. The third-order valence-electron chi connectivity index (χ3n) is 6.63. The molecule has 186 valence electrons. The first-order valence-electron chi connectivity index (χ1n) is 11.3. The van der Waals surface area contributed by atoms with E-state index in [1.807, 2.05) is 6.92 Å². The summed E-state index contributed by atoms with van der Waals surface area (Å²) in [5.74, 6) is -2.45. The van der Waals surface area contributed by atoms with Gasteiger partial charge in [-0.1, -0.05) is 56.5 Å². The molecule has 0 radical (unpaired) electrons. The molecule has 0 aromatic heterocycles. The number of alkyl halides is 3. The number of carbonyl (C=O) groups excluding carboxylic acids is 2. The number of esters is 2. The van der Waals surface area contributed by atoms with E-state index in [-0.39, 0.29) is 11.1 Å². The van der Waals surface area contributed by atoms with E-state index < -0.39 is 59.8 Å². The molecule has 0 bridgehead atoms. The monoisotopic (exact) mass is 484 g/mol. The van der Waals surface area contributed by atoms with E-state index in [1.165, 1.54) is 18.2 Å². The number of aliphatic hydroxyl groups is 1. The average Bonchev–Trinajstić information content (AvgIpc) is 3.53. The number of fused-ring (bicyclic) bond motifs is 1. The predicted molar refractivity (Wildman–Crippen MR) is 111 cm³/mol. The molecule has 7 nitrogen and oxygen atoms in total. The summed E-state index contributed by atoms with van der Waals surface area (Å²) in [4.78, 5) is 25.7. The van der Waals surface area contributed by atoms with Gasteiger partial charge in [0.25, 0.3) is 5.60 Å². The molecule has 1 aromatic carbocycles. The Morgan fingerprint density at radius 2 is 1.82 bits per heavy atom. The van der Waals surface area contributed by atoms with Crippen LogP contribution in [0, 0.1) is 0 Å². The molecule has 0 spiro atoms. The molecule has 0 unspecified atom stereocenters. The maximum atomic E-state index is 14.3. The fourth-order valence-electron chi connectivity index (χ4n) is 4.84. The molecule has 6 atom stereocenters. The minimum Gasteiger partial charge on any atom is -0.454 e. The van der Waals surface area contributed by atoms with Gasteiger partial charge in [-0.05, 0) is 12.8 Å². The van der Waals surface area contributed by atoms with Crippen molar-refractivity contribution in [1.29, 1.82) is 0 Å². The SMILES string of the molecule is CCCCCC[C@H]1OC(=O)C2=C1[C@@H](OC(=O)[C@@](OC)(c1ccccc1)C(F)(F)F)[C@@H]1O[C@@H]1[C@@H]2O. The van der Waals surface area contributed by atoms with Crippen molar-refractivity contribution in [2.24, 2.45) is 0 Å². The van der Waals surface area contributed by atoms with Crippen molar-refractivity contribution in [2.45, 2.75) is 81.3 Å². The first kappa shape index (κ1) is 24.7. The highest BCUT2D eigenvalue weighted by Gasteiger charge is 2.67. The lowest BCUT2D eigenvalue weighted by Gasteiger charge is -2.35. The Kier molecular flexibility index (Phi) is 6.76. The third kappa shape index (κ3) is 4.01. The van der Waals surface area contributed by atoms with Crippen LogP contribution in [0.1, 0.15) is 44.6 Å². The number of cyclic esters (lactones) is 1. The second kappa shape index (κ2) is 9.31. The summed E-state index contributed by atoms with van der Waals surface area (Å²) in [6.07, 6.45) is -6.34. The number of methoxy groups -OCH3 is 1. The number of hydrogen-bond donors (Lipinski definition) is 1. The van der Waals surface area contributed by atoms with Crippen LogP contribution in [-0.4, -0.2) is 60.9 Å². The van der Waals surface area contributed by atoms with Crippen LogP contribution in [0.25, 0.3) is 0 Å². The molecule has 1 saturated heterocycles. The van der Waals surface area contributed by atoms with Crippen LogP contribution in [-0.2, 0) is 34.1 Å². The molecule has 10 heteroatoms. The van der Waals surface area contributed by atoms with Crippen LogP contribution < -0.4 is 0 Å². The Bertz CT molecular complexity index is 961. The Morgan fingerprint density at radius 1 is 1.12 bits per heavy atom. The van der Waals surface area contributed by atoms with Gasteiger partial charge >= 0.3 is 18.1 Å². The highest BCUT2D eigenvalue weighted by atomic mass is 19.4. The Hall–Kier alpha value is -2.43. The van der Waals surface area contributed by atoms with Gasteiger partial charge in [0.15, 0.2) is 6.10 Å². The van der Waals surface area contributed by atoms with Crippen molar-refractivity contribution in [1.82, 2.24) is 0 Å². The molecule has 2 heterocycles. The summed E-state index contributed by atoms with van der Waals surface area (Å²) in [6.45, 7) is 2.04. The number of unbranched alkanes of at least 4 members (excludes halogenated alkanes) is 3. The van der Waals surface area contributed by atoms with Gasteiger partial charge in [-0.3, -0.25) is 0 Å². The highest BCUT2D eigenvalue weighted by molar-refractivity contribution is 5.95. The predicted octanol–water partition coefficient (Wildman–Crippen LogP) is 3.34. The van der Waals surface area contributed by atoms with Gasteiger partial charge in [0.05, 0.1) is 5.57 Å². The normalized spacial score (nSPS) is 29.7. The fraction of sp³-hybridized carbons (Fsp3) is 0.583. The molecule has 1 aromatic rings. The van der Waals surface area contributed by atoms with Crippen molar-refractivity contribution in [3.63, 3.8) is 0 Å². The van der Waals surface area contributed by atoms with Gasteiger partial charge < -0.3 is 24.1 Å². The quantitative estimate of drug-likeness (QED) is 0.326. The van der Waals surface area contributed by atoms with Gasteiger partial charge in [0, 0.05) is 18.2 Å². The van der Waals surface area contributed by atoms with Crippen LogP contribution in [0.3, 0.4) is 0 Å². The van der Waals surface area contributed by atoms with Gasteiger partial charge in [-0.2, -0.15) is 13.2 Å². The summed E-state index contributed by atoms with van der Waals surface area (Å²) in [5.41, 5.74) is -3.73. The second-order valence-corrected chi connectivity index (χ2v) is 8.70. The molecule has 1 N–H and O–H groups in total. The van der Waals surface area contributed by atoms with Crippen molar-refractivity contribution in [3.05, 3.63) is 47.0 Å². The van der Waals surface area contributed by atoms with E-state index in [0.29, 0.717) is 12.8 Å². The number of carbonyl (C=O) groups is 2. The minimum atomic E-state index is -5.14. The average molecular weight is 484 g/mol. The Morgan fingerprint density at radius 3 is 2.44 bits per heavy atom. The molecule has 3 aliphatic rings. The number of halogens is 3. The summed E-state index contributed by atoms with van der Waals surface area (Å²) in [6, 6.07) is 6.48. The van der Waals surface area contributed by atoms with Gasteiger partial charge in [0.1, 0.15) is 24.4 Å². The number of epoxide rings is 1. The highest BCUT2D eigenvalue weighted by Crippen LogP contribution is 2.49. The van der Waals surface area contributed by atoms with E-state index in [4.69, 9.17) is 18.9 Å². The van der Waals surface area contributed by atoms with E-state index >= 15 is 0 Å². The lowest BCUT2D eigenvalue weighted by atomic mass is 9.84. The van der Waals surface area contributed by atoms with E-state index in [1.54, 1.807) is 0 Å². The molecule has 0 saturated carbocycles.